The highest BCUT2D eigenvalue weighted by molar-refractivity contribution is 5.96. The molecule has 0 aromatic heterocycles. The maximum Gasteiger partial charge on any atom is 0.279 e. The molecule has 2 N–H and O–H groups in total. The molecule has 0 fully saturated rings. The van der Waals surface area contributed by atoms with Gasteiger partial charge in [0.2, 0.25) is 0 Å². The number of amides is 2. The van der Waals surface area contributed by atoms with Gasteiger partial charge in [0.1, 0.15) is 11.5 Å². The number of nitriles is 1. The average molecular weight is 353 g/mol. The number of hydrogen-bond donors (Lipinski definition) is 2. The summed E-state index contributed by atoms with van der Waals surface area (Å²) in [5.74, 6) is 0.181. The van der Waals surface area contributed by atoms with Crippen molar-refractivity contribution in [2.45, 2.75) is 20.0 Å². The third-order valence-electron chi connectivity index (χ3n) is 3.37. The molecular formula is C19H19N3O4. The molecule has 7 nitrogen and oxygen atoms in total. The second kappa shape index (κ2) is 9.08. The Morgan fingerprint density at radius 2 is 1.81 bits per heavy atom. The molecule has 1 atom stereocenters. The molecule has 0 unspecified atom stereocenters. The zero-order valence-electron chi connectivity index (χ0n) is 14.5. The fourth-order valence-electron chi connectivity index (χ4n) is 2.06. The summed E-state index contributed by atoms with van der Waals surface area (Å²) in [7, 11) is 0. The van der Waals surface area contributed by atoms with E-state index in [-0.39, 0.29) is 5.56 Å². The summed E-state index contributed by atoms with van der Waals surface area (Å²) >= 11 is 0. The number of nitrogens with one attached hydrogen (secondary N) is 2. The summed E-state index contributed by atoms with van der Waals surface area (Å²) in [4.78, 5) is 24.1. The van der Waals surface area contributed by atoms with Crippen LogP contribution >= 0.6 is 0 Å². The standard InChI is InChI=1S/C19H19N3O4/c1-3-25-16-7-9-17(10-8-16)26-13(2)18(23)21-22-19(24)15-6-4-5-14(11-15)12-20/h4-11,13H,3H2,1-2H3,(H,21,23)(H,22,24)/t13-/m0/s1. The van der Waals surface area contributed by atoms with Crippen molar-refractivity contribution in [3.05, 3.63) is 59.7 Å². The Morgan fingerprint density at radius 3 is 2.46 bits per heavy atom. The predicted octanol–water partition coefficient (Wildman–Crippen LogP) is 2.19. The molecule has 0 spiro atoms. The Hall–Kier alpha value is -3.53. The SMILES string of the molecule is CCOc1ccc(O[C@@H](C)C(=O)NNC(=O)c2cccc(C#N)c2)cc1. The number of benzene rings is 2. The normalized spacial score (nSPS) is 11.0. The number of ether oxygens (including phenoxy) is 2. The lowest BCUT2D eigenvalue weighted by molar-refractivity contribution is -0.128. The number of nitrogens with zero attached hydrogens (tertiary/aromatic N) is 1. The van der Waals surface area contributed by atoms with Gasteiger partial charge in [-0.1, -0.05) is 6.07 Å². The molecule has 2 aromatic rings. The van der Waals surface area contributed by atoms with E-state index in [9.17, 15) is 9.59 Å². The maximum absolute atomic E-state index is 12.0. The number of carbonyl (C=O) groups is 2. The molecule has 2 rings (SSSR count). The topological polar surface area (TPSA) is 100 Å². The molecule has 0 saturated heterocycles. The van der Waals surface area contributed by atoms with Crippen molar-refractivity contribution in [2.24, 2.45) is 0 Å². The van der Waals surface area contributed by atoms with Crippen molar-refractivity contribution < 1.29 is 19.1 Å². The van der Waals surface area contributed by atoms with Crippen molar-refractivity contribution in [2.75, 3.05) is 6.61 Å². The van der Waals surface area contributed by atoms with Gasteiger partial charge < -0.3 is 9.47 Å². The van der Waals surface area contributed by atoms with Crippen LogP contribution in [-0.4, -0.2) is 24.5 Å². The molecule has 0 saturated carbocycles. The third-order valence-corrected chi connectivity index (χ3v) is 3.37. The Kier molecular flexibility index (Phi) is 6.57. The quantitative estimate of drug-likeness (QED) is 0.775. The van der Waals surface area contributed by atoms with Crippen LogP contribution in [-0.2, 0) is 4.79 Å². The van der Waals surface area contributed by atoms with Crippen LogP contribution < -0.4 is 20.3 Å². The lowest BCUT2D eigenvalue weighted by Crippen LogP contribution is -2.47. The zero-order valence-corrected chi connectivity index (χ0v) is 14.5. The van der Waals surface area contributed by atoms with E-state index in [0.717, 1.165) is 0 Å². The molecule has 2 aromatic carbocycles. The minimum Gasteiger partial charge on any atom is -0.494 e. The number of hydrazine groups is 1. The molecule has 0 aliphatic rings. The van der Waals surface area contributed by atoms with Crippen molar-refractivity contribution in [1.82, 2.24) is 10.9 Å². The van der Waals surface area contributed by atoms with Crippen LogP contribution in [0.2, 0.25) is 0 Å². The second-order valence-electron chi connectivity index (χ2n) is 5.30. The predicted molar refractivity (Wildman–Crippen MR) is 94.5 cm³/mol. The molecule has 2 amide bonds. The van der Waals surface area contributed by atoms with E-state index >= 15 is 0 Å². The fraction of sp³-hybridized carbons (Fsp3) is 0.211. The summed E-state index contributed by atoms with van der Waals surface area (Å²) in [6.07, 6.45) is -0.821. The van der Waals surface area contributed by atoms with Crippen LogP contribution in [0.1, 0.15) is 29.8 Å². The van der Waals surface area contributed by atoms with Gasteiger partial charge in [0, 0.05) is 5.56 Å². The second-order valence-corrected chi connectivity index (χ2v) is 5.30. The zero-order chi connectivity index (χ0) is 18.9. The van der Waals surface area contributed by atoms with Gasteiger partial charge in [0.25, 0.3) is 11.8 Å². The highest BCUT2D eigenvalue weighted by Crippen LogP contribution is 2.18. The van der Waals surface area contributed by atoms with Crippen LogP contribution in [0.3, 0.4) is 0 Å². The van der Waals surface area contributed by atoms with Crippen LogP contribution in [0.4, 0.5) is 0 Å². The van der Waals surface area contributed by atoms with Crippen molar-refractivity contribution in [1.29, 1.82) is 5.26 Å². The first kappa shape index (κ1) is 18.8. The molecule has 134 valence electrons. The van der Waals surface area contributed by atoms with E-state index < -0.39 is 17.9 Å². The minimum atomic E-state index is -0.821. The first-order valence-corrected chi connectivity index (χ1v) is 8.03. The van der Waals surface area contributed by atoms with E-state index in [4.69, 9.17) is 14.7 Å². The smallest absolute Gasteiger partial charge is 0.279 e. The largest absolute Gasteiger partial charge is 0.494 e. The van der Waals surface area contributed by atoms with Crippen molar-refractivity contribution in [3.8, 4) is 17.6 Å². The summed E-state index contributed by atoms with van der Waals surface area (Å²) in [5.41, 5.74) is 5.22. The Labute approximate surface area is 151 Å². The molecule has 0 aliphatic carbocycles. The van der Waals surface area contributed by atoms with E-state index in [0.29, 0.717) is 23.7 Å². The highest BCUT2D eigenvalue weighted by Gasteiger charge is 2.16. The molecular weight excluding hydrogens is 334 g/mol. The molecule has 0 aliphatic heterocycles. The van der Waals surface area contributed by atoms with E-state index in [1.54, 1.807) is 49.4 Å². The van der Waals surface area contributed by atoms with Gasteiger partial charge in [-0.3, -0.25) is 20.4 Å². The van der Waals surface area contributed by atoms with Crippen molar-refractivity contribution >= 4 is 11.8 Å². The third kappa shape index (κ3) is 5.24. The first-order valence-electron chi connectivity index (χ1n) is 8.03. The molecule has 7 heteroatoms. The van der Waals surface area contributed by atoms with Gasteiger partial charge in [0.05, 0.1) is 18.2 Å². The number of rotatable bonds is 6. The van der Waals surface area contributed by atoms with E-state index in [1.807, 2.05) is 13.0 Å². The van der Waals surface area contributed by atoms with E-state index in [1.165, 1.54) is 6.07 Å². The maximum atomic E-state index is 12.0. The summed E-state index contributed by atoms with van der Waals surface area (Å²) in [5, 5.41) is 8.85. The van der Waals surface area contributed by atoms with Gasteiger partial charge in [0.15, 0.2) is 6.10 Å². The van der Waals surface area contributed by atoms with Gasteiger partial charge in [-0.25, -0.2) is 0 Å². The summed E-state index contributed by atoms with van der Waals surface area (Å²) in [6, 6.07) is 15.0. The number of hydrogen-bond acceptors (Lipinski definition) is 5. The average Bonchev–Trinajstić information content (AvgIpc) is 2.67. The summed E-state index contributed by atoms with van der Waals surface area (Å²) < 4.78 is 10.9. The van der Waals surface area contributed by atoms with Crippen molar-refractivity contribution in [3.63, 3.8) is 0 Å². The monoisotopic (exact) mass is 353 g/mol. The van der Waals surface area contributed by atoms with Gasteiger partial charge in [-0.05, 0) is 56.3 Å². The lowest BCUT2D eigenvalue weighted by Gasteiger charge is -2.15. The van der Waals surface area contributed by atoms with Crippen LogP contribution in [0.5, 0.6) is 11.5 Å². The first-order chi connectivity index (χ1) is 12.5. The molecule has 0 bridgehead atoms. The fourth-order valence-corrected chi connectivity index (χ4v) is 2.06. The van der Waals surface area contributed by atoms with Gasteiger partial charge in [-0.15, -0.1) is 0 Å². The van der Waals surface area contributed by atoms with Crippen LogP contribution in [0.15, 0.2) is 48.5 Å². The summed E-state index contributed by atoms with van der Waals surface area (Å²) in [6.45, 7) is 4.02. The van der Waals surface area contributed by atoms with Gasteiger partial charge in [-0.2, -0.15) is 5.26 Å². The van der Waals surface area contributed by atoms with Crippen LogP contribution in [0, 0.1) is 11.3 Å². The number of carbonyl (C=O) groups excluding carboxylic acids is 2. The molecule has 0 heterocycles. The van der Waals surface area contributed by atoms with Crippen LogP contribution in [0.25, 0.3) is 0 Å². The molecule has 0 radical (unpaired) electrons. The highest BCUT2D eigenvalue weighted by atomic mass is 16.5. The lowest BCUT2D eigenvalue weighted by atomic mass is 10.1. The molecule has 26 heavy (non-hydrogen) atoms. The van der Waals surface area contributed by atoms with E-state index in [2.05, 4.69) is 10.9 Å². The minimum absolute atomic E-state index is 0.268. The Morgan fingerprint density at radius 1 is 1.12 bits per heavy atom. The van der Waals surface area contributed by atoms with Gasteiger partial charge >= 0.3 is 0 Å². The Balaban J connectivity index is 1.86. The Bertz CT molecular complexity index is 812.